The Kier molecular flexibility index (Phi) is 6.18. The Morgan fingerprint density at radius 1 is 0.407 bits per heavy atom. The number of hydrogen-bond donors (Lipinski definition) is 0. The first-order valence-electron chi connectivity index (χ1n) is 20.0. The summed E-state index contributed by atoms with van der Waals surface area (Å²) >= 11 is 7.72. The lowest BCUT2D eigenvalue weighted by molar-refractivity contribution is 1.15. The van der Waals surface area contributed by atoms with Gasteiger partial charge in [-0.05, 0) is 64.8 Å². The highest BCUT2D eigenvalue weighted by Gasteiger charge is 2.46. The predicted molar refractivity (Wildman–Crippen MR) is 258 cm³/mol. The molecule has 59 heavy (non-hydrogen) atoms. The van der Waals surface area contributed by atoms with E-state index in [2.05, 4.69) is 173 Å². The minimum atomic E-state index is -0.0590. The van der Waals surface area contributed by atoms with Gasteiger partial charge in [-0.3, -0.25) is 0 Å². The standard InChI is InChI=1S/C52H27BN2S4/c1-2-12-29-28(11-1)23-24-33-32-15-9-17-37-50(32)54(49(29)33)40-25-35-31-14-4-6-20-42(31)59-52(35)47-36-26-45-46(57-44-22-8-7-21-43(44)56-45)27-39(36)55(53(37)48(40)47)38-18-10-16-34-30-13-3-5-19-41(30)58-51(34)38/h1-27H. The summed E-state index contributed by atoms with van der Waals surface area (Å²) in [6, 6.07) is 62.2. The summed E-state index contributed by atoms with van der Waals surface area (Å²) in [5.74, 6) is 0. The van der Waals surface area contributed by atoms with Gasteiger partial charge in [-0.2, -0.15) is 0 Å². The van der Waals surface area contributed by atoms with E-state index in [9.17, 15) is 0 Å². The van der Waals surface area contributed by atoms with Gasteiger partial charge >= 0.3 is 6.85 Å². The molecule has 0 saturated heterocycles. The number of para-hydroxylation sites is 1. The van der Waals surface area contributed by atoms with Crippen molar-refractivity contribution in [3.63, 3.8) is 0 Å². The van der Waals surface area contributed by atoms with Gasteiger partial charge < -0.3 is 9.38 Å². The second-order valence-corrected chi connectivity index (χ2v) is 20.2. The molecule has 0 aliphatic carbocycles. The van der Waals surface area contributed by atoms with E-state index in [1.807, 2.05) is 46.2 Å². The first-order chi connectivity index (χ1) is 29.3. The summed E-state index contributed by atoms with van der Waals surface area (Å²) in [6.07, 6.45) is 0. The largest absolute Gasteiger partial charge is 0.375 e. The number of thiophene rings is 2. The van der Waals surface area contributed by atoms with Gasteiger partial charge in [0.1, 0.15) is 0 Å². The highest BCUT2D eigenvalue weighted by Crippen LogP contribution is 2.56. The Balaban J connectivity index is 1.16. The van der Waals surface area contributed by atoms with Crippen LogP contribution >= 0.6 is 46.2 Å². The number of anilines is 2. The molecule has 3 aromatic heterocycles. The van der Waals surface area contributed by atoms with Crippen LogP contribution in [0.4, 0.5) is 11.4 Å². The van der Waals surface area contributed by atoms with E-state index in [-0.39, 0.29) is 6.85 Å². The molecule has 6 heterocycles. The van der Waals surface area contributed by atoms with Crippen LogP contribution in [0.5, 0.6) is 0 Å². The molecule has 0 radical (unpaired) electrons. The summed E-state index contributed by atoms with van der Waals surface area (Å²) in [6.45, 7) is -0.0590. The molecular weight excluding hydrogens is 792 g/mol. The molecule has 9 aromatic carbocycles. The van der Waals surface area contributed by atoms with Gasteiger partial charge in [-0.25, -0.2) is 0 Å². The molecule has 3 aliphatic heterocycles. The molecule has 0 fully saturated rings. The molecule has 2 nitrogen and oxygen atoms in total. The van der Waals surface area contributed by atoms with Crippen molar-refractivity contribution in [3.05, 3.63) is 164 Å². The van der Waals surface area contributed by atoms with Crippen molar-refractivity contribution in [2.45, 2.75) is 19.6 Å². The van der Waals surface area contributed by atoms with E-state index in [1.165, 1.54) is 132 Å². The van der Waals surface area contributed by atoms with Crippen molar-refractivity contribution < 1.29 is 0 Å². The number of benzene rings is 9. The molecule has 0 bridgehead atoms. The minimum absolute atomic E-state index is 0.0590. The van der Waals surface area contributed by atoms with Crippen LogP contribution in [0.1, 0.15) is 0 Å². The lowest BCUT2D eigenvalue weighted by atomic mass is 9.44. The maximum absolute atomic E-state index is 2.75. The molecule has 0 atom stereocenters. The van der Waals surface area contributed by atoms with E-state index >= 15 is 0 Å². The molecular formula is C52H27BN2S4. The van der Waals surface area contributed by atoms with Gasteiger partial charge in [0.05, 0.1) is 15.7 Å². The fraction of sp³-hybridized carbons (Fsp3) is 0. The molecule has 7 heteroatoms. The van der Waals surface area contributed by atoms with E-state index in [1.54, 1.807) is 0 Å². The quantitative estimate of drug-likeness (QED) is 0.153. The van der Waals surface area contributed by atoms with E-state index < -0.39 is 0 Å². The average Bonchev–Trinajstić information content (AvgIpc) is 3.97. The fourth-order valence-electron chi connectivity index (χ4n) is 10.6. The van der Waals surface area contributed by atoms with Crippen LogP contribution in [-0.2, 0) is 0 Å². The SMILES string of the molecule is c1ccc2c(c1)Sc1cc3c(cc1S2)N(c1cccc2c1sc1ccccc12)B1c2c(cc4c(sc5ccccc54)c2-3)-n2c3c1cccc3c1ccc3ccccc3c12. The van der Waals surface area contributed by atoms with E-state index in [0.717, 1.165) is 0 Å². The molecule has 272 valence electrons. The zero-order chi connectivity index (χ0) is 38.1. The van der Waals surface area contributed by atoms with E-state index in [0.29, 0.717) is 0 Å². The van der Waals surface area contributed by atoms with Crippen LogP contribution < -0.4 is 15.7 Å². The van der Waals surface area contributed by atoms with Gasteiger partial charge in [0.15, 0.2) is 0 Å². The highest BCUT2D eigenvalue weighted by molar-refractivity contribution is 8.05. The third-order valence-electron chi connectivity index (χ3n) is 13.0. The normalized spacial score (nSPS) is 13.9. The summed E-state index contributed by atoms with van der Waals surface area (Å²) in [4.78, 5) is 8.05. The Hall–Kier alpha value is -5.96. The third-order valence-corrected chi connectivity index (χ3v) is 17.9. The van der Waals surface area contributed by atoms with Crippen LogP contribution in [-0.4, -0.2) is 11.4 Å². The Morgan fingerprint density at radius 3 is 1.88 bits per heavy atom. The Morgan fingerprint density at radius 2 is 1.05 bits per heavy atom. The van der Waals surface area contributed by atoms with Crippen molar-refractivity contribution in [2.24, 2.45) is 0 Å². The number of nitrogens with zero attached hydrogens (tertiary/aromatic N) is 2. The third kappa shape index (κ3) is 4.07. The van der Waals surface area contributed by atoms with Crippen molar-refractivity contribution in [3.8, 4) is 16.8 Å². The van der Waals surface area contributed by atoms with Gasteiger partial charge in [-0.15, -0.1) is 22.7 Å². The molecule has 3 aliphatic rings. The van der Waals surface area contributed by atoms with Crippen molar-refractivity contribution in [2.75, 3.05) is 4.81 Å². The van der Waals surface area contributed by atoms with Crippen LogP contribution in [0.3, 0.4) is 0 Å². The number of aromatic nitrogens is 1. The second-order valence-electron chi connectivity index (χ2n) is 15.9. The minimum Gasteiger partial charge on any atom is -0.375 e. The summed E-state index contributed by atoms with van der Waals surface area (Å²) in [7, 11) is 0. The van der Waals surface area contributed by atoms with Gasteiger partial charge in [0, 0.05) is 99.6 Å². The molecule has 12 aromatic rings. The zero-order valence-corrected chi connectivity index (χ0v) is 34.5. The molecule has 15 rings (SSSR count). The molecule has 0 unspecified atom stereocenters. The summed E-state index contributed by atoms with van der Waals surface area (Å²) in [5, 5.41) is 10.5. The van der Waals surface area contributed by atoms with Crippen molar-refractivity contribution >= 4 is 148 Å². The molecule has 0 N–H and O–H groups in total. The number of fused-ring (bicyclic) bond motifs is 18. The Labute approximate surface area is 355 Å². The summed E-state index contributed by atoms with van der Waals surface area (Å²) in [5.41, 5.74) is 11.9. The van der Waals surface area contributed by atoms with Crippen molar-refractivity contribution in [1.82, 2.24) is 4.57 Å². The van der Waals surface area contributed by atoms with E-state index in [4.69, 9.17) is 0 Å². The molecule has 0 amide bonds. The van der Waals surface area contributed by atoms with Crippen LogP contribution in [0.15, 0.2) is 183 Å². The van der Waals surface area contributed by atoms with Gasteiger partial charge in [0.2, 0.25) is 0 Å². The van der Waals surface area contributed by atoms with Gasteiger partial charge in [-0.1, -0.05) is 139 Å². The lowest BCUT2D eigenvalue weighted by Gasteiger charge is -2.43. The zero-order valence-electron chi connectivity index (χ0n) is 31.2. The Bertz CT molecular complexity index is 3890. The fourth-order valence-corrected chi connectivity index (χ4v) is 15.4. The summed E-state index contributed by atoms with van der Waals surface area (Å²) < 4.78 is 8.03. The van der Waals surface area contributed by atoms with Crippen LogP contribution in [0.25, 0.3) is 89.7 Å². The second kappa shape index (κ2) is 11.4. The van der Waals surface area contributed by atoms with Gasteiger partial charge in [0.25, 0.3) is 0 Å². The first-order valence-corrected chi connectivity index (χ1v) is 23.3. The smallest absolute Gasteiger partial charge is 0.333 e. The first kappa shape index (κ1) is 32.0. The number of rotatable bonds is 1. The van der Waals surface area contributed by atoms with Crippen LogP contribution in [0, 0.1) is 0 Å². The highest BCUT2D eigenvalue weighted by atomic mass is 32.2. The number of hydrogen-bond acceptors (Lipinski definition) is 5. The monoisotopic (exact) mass is 818 g/mol. The molecule has 0 saturated carbocycles. The predicted octanol–water partition coefficient (Wildman–Crippen LogP) is 14.5. The maximum atomic E-state index is 2.75. The topological polar surface area (TPSA) is 8.17 Å². The average molecular weight is 819 g/mol. The molecule has 0 spiro atoms. The van der Waals surface area contributed by atoms with Crippen LogP contribution in [0.2, 0.25) is 0 Å². The maximum Gasteiger partial charge on any atom is 0.333 e. The lowest BCUT2D eigenvalue weighted by Crippen LogP contribution is -2.60. The van der Waals surface area contributed by atoms with Crippen molar-refractivity contribution in [1.29, 1.82) is 0 Å².